The first-order valence-corrected chi connectivity index (χ1v) is 7.47. The van der Waals surface area contributed by atoms with Crippen molar-refractivity contribution < 1.29 is 4.79 Å². The number of rotatable bonds is 2. The van der Waals surface area contributed by atoms with E-state index in [-0.39, 0.29) is 11.8 Å². The summed E-state index contributed by atoms with van der Waals surface area (Å²) >= 11 is 0. The highest BCUT2D eigenvalue weighted by molar-refractivity contribution is 5.93. The molecule has 0 bridgehead atoms. The van der Waals surface area contributed by atoms with Crippen molar-refractivity contribution in [3.8, 4) is 0 Å². The molecule has 0 radical (unpaired) electrons. The van der Waals surface area contributed by atoms with Crippen LogP contribution in [0.15, 0.2) is 18.2 Å². The Morgan fingerprint density at radius 2 is 2.05 bits per heavy atom. The van der Waals surface area contributed by atoms with Crippen LogP contribution in [0.1, 0.15) is 43.2 Å². The van der Waals surface area contributed by atoms with Crippen LogP contribution >= 0.6 is 0 Å². The fourth-order valence-corrected chi connectivity index (χ4v) is 3.23. The summed E-state index contributed by atoms with van der Waals surface area (Å²) in [5.74, 6) is 0.444. The molecule has 1 aromatic rings. The van der Waals surface area contributed by atoms with Crippen molar-refractivity contribution in [3.63, 3.8) is 0 Å². The van der Waals surface area contributed by atoms with Gasteiger partial charge < -0.3 is 10.6 Å². The van der Waals surface area contributed by atoms with Crippen molar-refractivity contribution in [2.75, 3.05) is 11.9 Å². The first-order valence-electron chi connectivity index (χ1n) is 7.47. The molecule has 3 rings (SSSR count). The summed E-state index contributed by atoms with van der Waals surface area (Å²) in [5, 5.41) is 6.54. The quantitative estimate of drug-likeness (QED) is 0.856. The van der Waals surface area contributed by atoms with Crippen LogP contribution < -0.4 is 10.6 Å². The third-order valence-electron chi connectivity index (χ3n) is 4.38. The number of anilines is 1. The Kier molecular flexibility index (Phi) is 3.83. The van der Waals surface area contributed by atoms with E-state index >= 15 is 0 Å². The minimum atomic E-state index is 0.221. The standard InChI is InChI=1S/C16H22N2O/c19-16(13-5-2-1-3-6-13)18-15-8-4-7-12-9-10-17-11-14(12)15/h4,7-8,13,17H,1-3,5-6,9-11H2,(H,18,19). The molecule has 1 aliphatic heterocycles. The normalized spacial score (nSPS) is 19.8. The van der Waals surface area contributed by atoms with E-state index in [2.05, 4.69) is 22.8 Å². The lowest BCUT2D eigenvalue weighted by Gasteiger charge is -2.24. The second kappa shape index (κ2) is 5.74. The Balaban J connectivity index is 1.74. The summed E-state index contributed by atoms with van der Waals surface area (Å²) in [7, 11) is 0. The molecule has 1 heterocycles. The molecular weight excluding hydrogens is 236 g/mol. The molecule has 1 saturated carbocycles. The molecule has 3 nitrogen and oxygen atoms in total. The van der Waals surface area contributed by atoms with E-state index in [0.717, 1.165) is 38.0 Å². The van der Waals surface area contributed by atoms with Gasteiger partial charge in [-0.15, -0.1) is 0 Å². The molecule has 102 valence electrons. The van der Waals surface area contributed by atoms with E-state index < -0.39 is 0 Å². The Morgan fingerprint density at radius 1 is 1.21 bits per heavy atom. The van der Waals surface area contributed by atoms with E-state index in [1.807, 2.05) is 6.07 Å². The van der Waals surface area contributed by atoms with Gasteiger partial charge in [0.15, 0.2) is 0 Å². The number of nitrogens with one attached hydrogen (secondary N) is 2. The fourth-order valence-electron chi connectivity index (χ4n) is 3.23. The highest BCUT2D eigenvalue weighted by atomic mass is 16.1. The molecule has 0 saturated heterocycles. The number of hydrogen-bond donors (Lipinski definition) is 2. The van der Waals surface area contributed by atoms with Crippen LogP contribution in [0.5, 0.6) is 0 Å². The van der Waals surface area contributed by atoms with E-state index in [0.29, 0.717) is 0 Å². The second-order valence-electron chi connectivity index (χ2n) is 5.69. The summed E-state index contributed by atoms with van der Waals surface area (Å²) in [6, 6.07) is 6.26. The number of carbonyl (C=O) groups is 1. The molecule has 19 heavy (non-hydrogen) atoms. The fraction of sp³-hybridized carbons (Fsp3) is 0.562. The maximum atomic E-state index is 12.3. The first-order chi connectivity index (χ1) is 9.34. The minimum absolute atomic E-state index is 0.221. The van der Waals surface area contributed by atoms with Gasteiger partial charge in [0.1, 0.15) is 0 Å². The number of amides is 1. The smallest absolute Gasteiger partial charge is 0.227 e. The van der Waals surface area contributed by atoms with Gasteiger partial charge in [-0.3, -0.25) is 4.79 Å². The van der Waals surface area contributed by atoms with Gasteiger partial charge in [-0.2, -0.15) is 0 Å². The maximum Gasteiger partial charge on any atom is 0.227 e. The molecule has 0 spiro atoms. The Labute approximate surface area is 114 Å². The van der Waals surface area contributed by atoms with Gasteiger partial charge in [0, 0.05) is 18.2 Å². The molecule has 1 fully saturated rings. The van der Waals surface area contributed by atoms with Crippen molar-refractivity contribution >= 4 is 11.6 Å². The van der Waals surface area contributed by atoms with Gasteiger partial charge in [-0.05, 0) is 43.0 Å². The van der Waals surface area contributed by atoms with Crippen LogP contribution in [-0.2, 0) is 17.8 Å². The van der Waals surface area contributed by atoms with Crippen LogP contribution in [0, 0.1) is 5.92 Å². The van der Waals surface area contributed by atoms with Crippen LogP contribution in [-0.4, -0.2) is 12.5 Å². The molecule has 1 aliphatic carbocycles. The number of benzene rings is 1. The van der Waals surface area contributed by atoms with Gasteiger partial charge in [0.2, 0.25) is 5.91 Å². The molecule has 2 aliphatic rings. The third-order valence-corrected chi connectivity index (χ3v) is 4.38. The average Bonchev–Trinajstić information content (AvgIpc) is 2.48. The van der Waals surface area contributed by atoms with Crippen LogP contribution in [0.25, 0.3) is 0 Å². The largest absolute Gasteiger partial charge is 0.326 e. The van der Waals surface area contributed by atoms with Crippen LogP contribution in [0.2, 0.25) is 0 Å². The monoisotopic (exact) mass is 258 g/mol. The molecule has 1 aromatic carbocycles. The lowest BCUT2D eigenvalue weighted by Crippen LogP contribution is -2.28. The second-order valence-corrected chi connectivity index (χ2v) is 5.69. The van der Waals surface area contributed by atoms with Crippen molar-refractivity contribution in [1.29, 1.82) is 0 Å². The Morgan fingerprint density at radius 3 is 2.89 bits per heavy atom. The zero-order valence-corrected chi connectivity index (χ0v) is 11.4. The highest BCUT2D eigenvalue weighted by Gasteiger charge is 2.22. The van der Waals surface area contributed by atoms with E-state index in [9.17, 15) is 4.79 Å². The lowest BCUT2D eigenvalue weighted by molar-refractivity contribution is -0.120. The minimum Gasteiger partial charge on any atom is -0.326 e. The molecule has 0 atom stereocenters. The number of carbonyl (C=O) groups excluding carboxylic acids is 1. The van der Waals surface area contributed by atoms with E-state index in [1.54, 1.807) is 0 Å². The zero-order chi connectivity index (χ0) is 13.1. The van der Waals surface area contributed by atoms with Crippen LogP contribution in [0.3, 0.4) is 0 Å². The summed E-state index contributed by atoms with van der Waals surface area (Å²) in [6.45, 7) is 1.91. The van der Waals surface area contributed by atoms with Gasteiger partial charge in [0.25, 0.3) is 0 Å². The molecule has 1 amide bonds. The van der Waals surface area contributed by atoms with Crippen molar-refractivity contribution in [1.82, 2.24) is 5.32 Å². The van der Waals surface area contributed by atoms with Gasteiger partial charge in [-0.25, -0.2) is 0 Å². The average molecular weight is 258 g/mol. The summed E-state index contributed by atoms with van der Waals surface area (Å²) in [5.41, 5.74) is 3.67. The SMILES string of the molecule is O=C(Nc1cccc2c1CNCC2)C1CCCCC1. The molecule has 3 heteroatoms. The Hall–Kier alpha value is -1.35. The summed E-state index contributed by atoms with van der Waals surface area (Å²) in [4.78, 5) is 12.3. The van der Waals surface area contributed by atoms with Crippen molar-refractivity contribution in [2.45, 2.75) is 45.1 Å². The van der Waals surface area contributed by atoms with Gasteiger partial charge in [-0.1, -0.05) is 31.4 Å². The molecular formula is C16H22N2O. The molecule has 0 aromatic heterocycles. The van der Waals surface area contributed by atoms with E-state index in [4.69, 9.17) is 0 Å². The molecule has 2 N–H and O–H groups in total. The lowest BCUT2D eigenvalue weighted by atomic mass is 9.88. The van der Waals surface area contributed by atoms with Gasteiger partial charge in [0.05, 0.1) is 0 Å². The third kappa shape index (κ3) is 2.81. The number of hydrogen-bond acceptors (Lipinski definition) is 2. The van der Waals surface area contributed by atoms with E-state index in [1.165, 1.54) is 30.4 Å². The first kappa shape index (κ1) is 12.7. The summed E-state index contributed by atoms with van der Waals surface area (Å²) < 4.78 is 0. The number of fused-ring (bicyclic) bond motifs is 1. The van der Waals surface area contributed by atoms with Gasteiger partial charge >= 0.3 is 0 Å². The Bertz CT molecular complexity index is 464. The zero-order valence-electron chi connectivity index (χ0n) is 11.4. The molecule has 0 unspecified atom stereocenters. The topological polar surface area (TPSA) is 41.1 Å². The highest BCUT2D eigenvalue weighted by Crippen LogP contribution is 2.27. The predicted molar refractivity (Wildman–Crippen MR) is 77.1 cm³/mol. The van der Waals surface area contributed by atoms with Crippen molar-refractivity contribution in [3.05, 3.63) is 29.3 Å². The summed E-state index contributed by atoms with van der Waals surface area (Å²) in [6.07, 6.45) is 6.86. The van der Waals surface area contributed by atoms with Crippen LogP contribution in [0.4, 0.5) is 5.69 Å². The maximum absolute atomic E-state index is 12.3. The predicted octanol–water partition coefficient (Wildman–Crippen LogP) is 2.85. The van der Waals surface area contributed by atoms with Crippen molar-refractivity contribution in [2.24, 2.45) is 5.92 Å².